The lowest BCUT2D eigenvalue weighted by Crippen LogP contribution is -1.92. The minimum atomic E-state index is 1.05. The van der Waals surface area contributed by atoms with Gasteiger partial charge < -0.3 is 0 Å². The fourth-order valence-corrected chi connectivity index (χ4v) is 2.46. The Kier molecular flexibility index (Phi) is 1.90. The van der Waals surface area contributed by atoms with Gasteiger partial charge in [-0.3, -0.25) is 4.98 Å². The number of fused-ring (bicyclic) bond motifs is 3. The Morgan fingerprint density at radius 3 is 2.75 bits per heavy atom. The molecule has 16 heavy (non-hydrogen) atoms. The number of hydrogen-bond acceptors (Lipinski definition) is 1. The summed E-state index contributed by atoms with van der Waals surface area (Å²) in [5.41, 5.74) is 9.37. The maximum atomic E-state index is 4.60. The molecule has 0 unspecified atom stereocenters. The maximum absolute atomic E-state index is 4.60. The summed E-state index contributed by atoms with van der Waals surface area (Å²) in [6.07, 6.45) is 3.04. The van der Waals surface area contributed by atoms with E-state index in [9.17, 15) is 0 Å². The van der Waals surface area contributed by atoms with Crippen molar-refractivity contribution in [3.63, 3.8) is 0 Å². The summed E-state index contributed by atoms with van der Waals surface area (Å²) in [5, 5.41) is 0. The van der Waals surface area contributed by atoms with Crippen molar-refractivity contribution in [3.05, 3.63) is 52.2 Å². The van der Waals surface area contributed by atoms with E-state index in [1.165, 1.54) is 39.1 Å². The Hall–Kier alpha value is -1.63. The highest BCUT2D eigenvalue weighted by Gasteiger charge is 2.21. The van der Waals surface area contributed by atoms with Crippen molar-refractivity contribution in [1.29, 1.82) is 0 Å². The summed E-state index contributed by atoms with van der Waals surface area (Å²) in [6.45, 7) is 6.48. The van der Waals surface area contributed by atoms with Gasteiger partial charge in [0.2, 0.25) is 0 Å². The molecule has 1 aliphatic rings. The molecule has 2 aromatic rings. The summed E-state index contributed by atoms with van der Waals surface area (Å²) < 4.78 is 0. The van der Waals surface area contributed by atoms with Gasteiger partial charge in [-0.1, -0.05) is 17.7 Å². The quantitative estimate of drug-likeness (QED) is 0.551. The molecule has 1 aromatic carbocycles. The van der Waals surface area contributed by atoms with E-state index in [1.54, 1.807) is 0 Å². The lowest BCUT2D eigenvalue weighted by molar-refractivity contribution is 1.14. The van der Waals surface area contributed by atoms with Gasteiger partial charge in [-0.05, 0) is 49.1 Å². The molecule has 0 saturated heterocycles. The van der Waals surface area contributed by atoms with Crippen LogP contribution in [0, 0.1) is 20.8 Å². The van der Waals surface area contributed by atoms with E-state index >= 15 is 0 Å². The number of rotatable bonds is 0. The summed E-state index contributed by atoms with van der Waals surface area (Å²) in [4.78, 5) is 4.60. The van der Waals surface area contributed by atoms with Crippen LogP contribution in [-0.2, 0) is 6.42 Å². The molecule has 0 fully saturated rings. The molecule has 0 aliphatic heterocycles. The van der Waals surface area contributed by atoms with Crippen LogP contribution in [-0.4, -0.2) is 4.98 Å². The average Bonchev–Trinajstić information content (AvgIpc) is 2.62. The van der Waals surface area contributed by atoms with Gasteiger partial charge in [-0.15, -0.1) is 0 Å². The van der Waals surface area contributed by atoms with Gasteiger partial charge in [-0.25, -0.2) is 0 Å². The molecule has 1 nitrogen and oxygen atoms in total. The molecule has 80 valence electrons. The van der Waals surface area contributed by atoms with Gasteiger partial charge in [0.15, 0.2) is 0 Å². The second kappa shape index (κ2) is 3.18. The Morgan fingerprint density at radius 1 is 1.12 bits per heavy atom. The third-order valence-corrected chi connectivity index (χ3v) is 3.61. The molecule has 3 rings (SSSR count). The lowest BCUT2D eigenvalue weighted by Gasteiger charge is -2.06. The van der Waals surface area contributed by atoms with Crippen molar-refractivity contribution >= 4 is 0 Å². The van der Waals surface area contributed by atoms with Crippen LogP contribution < -0.4 is 0 Å². The van der Waals surface area contributed by atoms with Gasteiger partial charge in [0.1, 0.15) is 0 Å². The molecular formula is C15H15N. The van der Waals surface area contributed by atoms with Crippen LogP contribution in [0.15, 0.2) is 24.4 Å². The van der Waals surface area contributed by atoms with Crippen LogP contribution >= 0.6 is 0 Å². The first kappa shape index (κ1) is 9.59. The SMILES string of the molecule is Cc1ccc2c(c1)-c1ncc(C)c(C)c1C2. The molecule has 0 bridgehead atoms. The number of pyridine rings is 1. The number of benzene rings is 1. The Morgan fingerprint density at radius 2 is 1.94 bits per heavy atom. The van der Waals surface area contributed by atoms with E-state index in [1.807, 2.05) is 6.20 Å². The number of aromatic nitrogens is 1. The normalized spacial score (nSPS) is 12.4. The highest BCUT2D eigenvalue weighted by molar-refractivity contribution is 5.75. The van der Waals surface area contributed by atoms with E-state index < -0.39 is 0 Å². The first-order valence-corrected chi connectivity index (χ1v) is 5.72. The highest BCUT2D eigenvalue weighted by Crippen LogP contribution is 2.37. The van der Waals surface area contributed by atoms with Gasteiger partial charge >= 0.3 is 0 Å². The van der Waals surface area contributed by atoms with Crippen LogP contribution in [0.1, 0.15) is 27.8 Å². The van der Waals surface area contributed by atoms with Crippen LogP contribution in [0.3, 0.4) is 0 Å². The van der Waals surface area contributed by atoms with Crippen LogP contribution in [0.4, 0.5) is 0 Å². The van der Waals surface area contributed by atoms with Crippen molar-refractivity contribution in [2.24, 2.45) is 0 Å². The van der Waals surface area contributed by atoms with Crippen molar-refractivity contribution in [3.8, 4) is 11.3 Å². The Labute approximate surface area is 96.2 Å². The molecule has 0 atom stereocenters. The molecule has 1 heterocycles. The number of aryl methyl sites for hydroxylation is 2. The van der Waals surface area contributed by atoms with E-state index in [0.717, 1.165) is 6.42 Å². The molecule has 0 N–H and O–H groups in total. The maximum Gasteiger partial charge on any atom is 0.0743 e. The van der Waals surface area contributed by atoms with E-state index in [-0.39, 0.29) is 0 Å². The zero-order valence-electron chi connectivity index (χ0n) is 9.96. The molecular weight excluding hydrogens is 194 g/mol. The summed E-state index contributed by atoms with van der Waals surface area (Å²) in [5.74, 6) is 0. The molecule has 0 saturated carbocycles. The predicted octanol–water partition coefficient (Wildman–Crippen LogP) is 3.58. The minimum Gasteiger partial charge on any atom is -0.256 e. The molecule has 1 heteroatoms. The second-order valence-electron chi connectivity index (χ2n) is 4.73. The topological polar surface area (TPSA) is 12.9 Å². The first-order valence-electron chi connectivity index (χ1n) is 5.72. The average molecular weight is 209 g/mol. The van der Waals surface area contributed by atoms with Crippen LogP contribution in [0.25, 0.3) is 11.3 Å². The van der Waals surface area contributed by atoms with Crippen molar-refractivity contribution in [1.82, 2.24) is 4.98 Å². The summed E-state index contributed by atoms with van der Waals surface area (Å²) >= 11 is 0. The highest BCUT2D eigenvalue weighted by atomic mass is 14.7. The Bertz CT molecular complexity index is 582. The molecule has 0 radical (unpaired) electrons. The van der Waals surface area contributed by atoms with E-state index in [4.69, 9.17) is 0 Å². The fraction of sp³-hybridized carbons (Fsp3) is 0.267. The third kappa shape index (κ3) is 1.21. The zero-order valence-corrected chi connectivity index (χ0v) is 9.96. The minimum absolute atomic E-state index is 1.05. The molecule has 1 aromatic heterocycles. The summed E-state index contributed by atoms with van der Waals surface area (Å²) in [6, 6.07) is 6.68. The van der Waals surface area contributed by atoms with E-state index in [0.29, 0.717) is 0 Å². The second-order valence-corrected chi connectivity index (χ2v) is 4.73. The molecule has 0 amide bonds. The van der Waals surface area contributed by atoms with Gasteiger partial charge in [0.25, 0.3) is 0 Å². The van der Waals surface area contributed by atoms with Gasteiger partial charge in [0.05, 0.1) is 5.69 Å². The zero-order chi connectivity index (χ0) is 11.3. The number of hydrogen-bond donors (Lipinski definition) is 0. The van der Waals surface area contributed by atoms with Crippen molar-refractivity contribution in [2.45, 2.75) is 27.2 Å². The standard InChI is InChI=1S/C15H15N/c1-9-4-5-12-7-13-11(3)10(2)8-16-15(13)14(12)6-9/h4-6,8H,7H2,1-3H3. The van der Waals surface area contributed by atoms with Gasteiger partial charge in [-0.2, -0.15) is 0 Å². The lowest BCUT2D eigenvalue weighted by atomic mass is 10.0. The molecule has 1 aliphatic carbocycles. The van der Waals surface area contributed by atoms with Crippen LogP contribution in [0.5, 0.6) is 0 Å². The van der Waals surface area contributed by atoms with Gasteiger partial charge in [0, 0.05) is 18.2 Å². The van der Waals surface area contributed by atoms with E-state index in [2.05, 4.69) is 44.0 Å². The first-order chi connectivity index (χ1) is 7.66. The summed E-state index contributed by atoms with van der Waals surface area (Å²) in [7, 11) is 0. The fourth-order valence-electron chi connectivity index (χ4n) is 2.46. The third-order valence-electron chi connectivity index (χ3n) is 3.61. The van der Waals surface area contributed by atoms with Crippen molar-refractivity contribution < 1.29 is 0 Å². The molecule has 0 spiro atoms. The predicted molar refractivity (Wildman–Crippen MR) is 66.7 cm³/mol. The van der Waals surface area contributed by atoms with Crippen molar-refractivity contribution in [2.75, 3.05) is 0 Å². The van der Waals surface area contributed by atoms with Crippen LogP contribution in [0.2, 0.25) is 0 Å². The monoisotopic (exact) mass is 209 g/mol. The Balaban J connectivity index is 2.30. The largest absolute Gasteiger partial charge is 0.256 e. The smallest absolute Gasteiger partial charge is 0.0743 e. The number of nitrogens with zero attached hydrogens (tertiary/aromatic N) is 1.